The van der Waals surface area contributed by atoms with Crippen LogP contribution in [0.1, 0.15) is 32.7 Å². The molecule has 0 spiro atoms. The van der Waals surface area contributed by atoms with E-state index in [1.807, 2.05) is 13.8 Å². The fourth-order valence-electron chi connectivity index (χ4n) is 5.96. The maximum atomic E-state index is 13.3. The van der Waals surface area contributed by atoms with Crippen LogP contribution in [0.25, 0.3) is 22.3 Å². The van der Waals surface area contributed by atoms with Gasteiger partial charge in [-0.2, -0.15) is 9.97 Å². The molecule has 10 atom stereocenters. The number of aromatic nitrogens is 8. The number of hydrogen-bond donors (Lipinski definition) is 7. The van der Waals surface area contributed by atoms with Crippen molar-refractivity contribution in [2.24, 2.45) is 5.92 Å². The second-order valence-electron chi connectivity index (χ2n) is 12.5. The molecule has 7 heterocycles. The molecule has 0 saturated carbocycles. The molecule has 2 unspecified atom stereocenters. The Morgan fingerprint density at radius 1 is 0.980 bits per heavy atom. The van der Waals surface area contributed by atoms with E-state index >= 15 is 0 Å². The number of fused-ring (bicyclic) bond motifs is 4. The number of nitrogens with two attached hydrogens (primary N) is 1. The Morgan fingerprint density at radius 3 is 2.14 bits per heavy atom. The van der Waals surface area contributed by atoms with Gasteiger partial charge in [0.15, 0.2) is 42.3 Å². The topological polar surface area (TPSA) is 298 Å². The largest absolute Gasteiger partial charge is 0.472 e. The molecule has 51 heavy (non-hydrogen) atoms. The smallest absolute Gasteiger partial charge is 0.386 e. The highest BCUT2D eigenvalue weighted by Crippen LogP contribution is 2.53. The summed E-state index contributed by atoms with van der Waals surface area (Å²) in [6.45, 7) is 3.38. The van der Waals surface area contributed by atoms with Crippen molar-refractivity contribution in [3.63, 3.8) is 0 Å². The second kappa shape index (κ2) is 13.7. The lowest BCUT2D eigenvalue weighted by atomic mass is 10.1. The number of nitrogen functional groups attached to an aromatic ring is 1. The molecule has 0 aliphatic carbocycles. The fourth-order valence-corrected chi connectivity index (χ4v) is 8.42. The molecule has 274 valence electrons. The Morgan fingerprint density at radius 2 is 1.53 bits per heavy atom. The maximum Gasteiger partial charge on any atom is 0.472 e. The maximum absolute atomic E-state index is 13.3. The SMILES string of the molecule is [B]P1(=S)OC[C@H]2O[C@@H](n3cnc4c(=O)[nH]c(NCCC(C)C)nc43)[C@H](O)[C@@H]2OP(=O)(O)OC[C@@H]2O[C@H](n3cnc4c(=O)[nH]c(N)nc43)[C@@H](O)[C@H]2O1. The van der Waals surface area contributed by atoms with Gasteiger partial charge in [-0.1, -0.05) is 13.8 Å². The van der Waals surface area contributed by atoms with Crippen molar-refractivity contribution in [1.82, 2.24) is 39.0 Å². The Hall–Kier alpha value is -3.12. The number of aliphatic hydroxyl groups excluding tert-OH is 2. The summed E-state index contributed by atoms with van der Waals surface area (Å²) < 4.78 is 50.1. The highest BCUT2D eigenvalue weighted by Gasteiger charge is 2.53. The van der Waals surface area contributed by atoms with Crippen molar-refractivity contribution in [2.75, 3.05) is 30.8 Å². The number of aromatic amines is 2. The van der Waals surface area contributed by atoms with Crippen LogP contribution in [-0.2, 0) is 43.9 Å². The molecule has 3 saturated heterocycles. The van der Waals surface area contributed by atoms with E-state index in [2.05, 4.69) is 35.2 Å². The van der Waals surface area contributed by atoms with E-state index in [9.17, 15) is 29.3 Å². The lowest BCUT2D eigenvalue weighted by Crippen LogP contribution is -2.39. The molecule has 22 nitrogen and oxygen atoms in total. The lowest BCUT2D eigenvalue weighted by molar-refractivity contribution is -0.0599. The molecule has 3 aliphatic heterocycles. The molecule has 4 aromatic rings. The number of phosphoric acid groups is 1. The van der Waals surface area contributed by atoms with Gasteiger partial charge in [-0.15, -0.1) is 0 Å². The third kappa shape index (κ3) is 7.16. The quantitative estimate of drug-likeness (QED) is 0.0925. The summed E-state index contributed by atoms with van der Waals surface area (Å²) in [4.78, 5) is 57.5. The number of H-pyrrole nitrogens is 2. The summed E-state index contributed by atoms with van der Waals surface area (Å²) in [6, 6.07) is 0. The van der Waals surface area contributed by atoms with Crippen molar-refractivity contribution in [1.29, 1.82) is 0 Å². The van der Waals surface area contributed by atoms with Crippen LogP contribution in [-0.4, -0.2) is 118 Å². The van der Waals surface area contributed by atoms with Gasteiger partial charge in [0.1, 0.15) is 43.0 Å². The Kier molecular flexibility index (Phi) is 9.74. The van der Waals surface area contributed by atoms with Crippen molar-refractivity contribution in [3.05, 3.63) is 33.4 Å². The molecule has 3 fully saturated rings. The first kappa shape index (κ1) is 36.3. The zero-order chi connectivity index (χ0) is 36.4. The summed E-state index contributed by atoms with van der Waals surface area (Å²) in [6.07, 6.45) is -12.1. The summed E-state index contributed by atoms with van der Waals surface area (Å²) >= 11 is 5.45. The minimum absolute atomic E-state index is 0.0317. The fraction of sp³-hybridized carbons (Fsp3) is 0.600. The van der Waals surface area contributed by atoms with Crippen LogP contribution >= 0.6 is 14.2 Å². The van der Waals surface area contributed by atoms with Gasteiger partial charge in [-0.3, -0.25) is 37.7 Å². The van der Waals surface area contributed by atoms with E-state index < -0.39 is 87.6 Å². The van der Waals surface area contributed by atoms with E-state index in [0.717, 1.165) is 6.42 Å². The average molecular weight is 770 g/mol. The molecule has 0 aromatic carbocycles. The van der Waals surface area contributed by atoms with Gasteiger partial charge in [0.25, 0.3) is 11.1 Å². The number of anilines is 2. The van der Waals surface area contributed by atoms with Crippen LogP contribution in [0.3, 0.4) is 0 Å². The highest BCUT2D eigenvalue weighted by atomic mass is 32.4. The Balaban J connectivity index is 1.14. The van der Waals surface area contributed by atoms with Crippen molar-refractivity contribution in [3.8, 4) is 0 Å². The van der Waals surface area contributed by atoms with Crippen LogP contribution < -0.4 is 22.2 Å². The minimum atomic E-state index is -5.03. The molecular formula is C25H33BN10O12P2S. The molecule has 2 radical (unpaired) electrons. The van der Waals surface area contributed by atoms with Crippen LogP contribution in [0.5, 0.6) is 0 Å². The molecular weight excluding hydrogens is 737 g/mol. The average Bonchev–Trinajstić information content (AvgIpc) is 3.80. The molecule has 4 aromatic heterocycles. The summed E-state index contributed by atoms with van der Waals surface area (Å²) in [5, 5.41) is 25.8. The standard InChI is InChI=1S/C25H33BN10O12P2S/c1-9(2)3-4-28-25-32-19-13(21(40)34-25)30-8-36(19)23-15(38)17-10(45-23)5-43-49(26,51)47-16-11(6-44-50(41,42)48-17)46-22(14(16)37)35-7-29-12-18(35)31-24(27)33-20(12)39/h7-11,14-17,22-23,37-38H,3-6H2,1-2H3,(H,41,42)(H3,27,31,33,39)(H2,28,32,34,40)/t10-,11+,14+,15-,16+,17-,22+,23-,49?/m1/s1. The summed E-state index contributed by atoms with van der Waals surface area (Å²) in [5.74, 6) is 0.334. The van der Waals surface area contributed by atoms with E-state index in [1.54, 1.807) is 0 Å². The van der Waals surface area contributed by atoms with Gasteiger partial charge in [-0.25, -0.2) is 14.5 Å². The Labute approximate surface area is 293 Å². The van der Waals surface area contributed by atoms with E-state index in [4.69, 9.17) is 52.7 Å². The van der Waals surface area contributed by atoms with Gasteiger partial charge in [-0.05, 0) is 24.1 Å². The predicted octanol–water partition coefficient (Wildman–Crippen LogP) is -0.880. The number of hydrogen-bond acceptors (Lipinski definition) is 18. The molecule has 26 heteroatoms. The van der Waals surface area contributed by atoms with Crippen LogP contribution in [0, 0.1) is 5.92 Å². The van der Waals surface area contributed by atoms with Gasteiger partial charge in [0.2, 0.25) is 11.9 Å². The van der Waals surface area contributed by atoms with Crippen molar-refractivity contribution in [2.45, 2.75) is 69.3 Å². The second-order valence-corrected chi connectivity index (χ2v) is 17.0. The number of rotatable bonds is 6. The first-order chi connectivity index (χ1) is 24.1. The van der Waals surface area contributed by atoms with Gasteiger partial charge < -0.3 is 44.7 Å². The van der Waals surface area contributed by atoms with Crippen molar-refractivity contribution < 1.29 is 47.2 Å². The third-order valence-corrected chi connectivity index (χ3v) is 11.0. The van der Waals surface area contributed by atoms with Gasteiger partial charge >= 0.3 is 7.82 Å². The predicted molar refractivity (Wildman–Crippen MR) is 180 cm³/mol. The lowest BCUT2D eigenvalue weighted by Gasteiger charge is -2.31. The monoisotopic (exact) mass is 770 g/mol. The first-order valence-electron chi connectivity index (χ1n) is 15.6. The van der Waals surface area contributed by atoms with Crippen LogP contribution in [0.2, 0.25) is 0 Å². The highest BCUT2D eigenvalue weighted by molar-refractivity contribution is 8.21. The molecule has 7 rings (SSSR count). The first-order valence-corrected chi connectivity index (χ1v) is 19.8. The number of nitrogens with zero attached hydrogens (tertiary/aromatic N) is 6. The summed E-state index contributed by atoms with van der Waals surface area (Å²) in [7, 11) is 1.26. The number of ether oxygens (including phenoxy) is 2. The number of imidazole rings is 2. The third-order valence-electron chi connectivity index (χ3n) is 8.41. The Bertz CT molecular complexity index is 2170. The molecule has 3 aliphatic rings. The zero-order valence-electron chi connectivity index (χ0n) is 26.8. The molecule has 8 N–H and O–H groups in total. The normalized spacial score (nSPS) is 34.7. The van der Waals surface area contributed by atoms with Gasteiger partial charge in [0.05, 0.1) is 25.9 Å². The van der Waals surface area contributed by atoms with Crippen LogP contribution in [0.15, 0.2) is 22.2 Å². The summed E-state index contributed by atoms with van der Waals surface area (Å²) in [5.41, 5.74) is 4.37. The zero-order valence-corrected chi connectivity index (χ0v) is 29.4. The number of aliphatic hydroxyl groups is 2. The van der Waals surface area contributed by atoms with E-state index in [1.165, 1.54) is 21.8 Å². The molecule has 0 amide bonds. The van der Waals surface area contributed by atoms with E-state index in [-0.39, 0.29) is 34.2 Å². The number of phosphoric ester groups is 1. The van der Waals surface area contributed by atoms with Crippen LogP contribution in [0.4, 0.5) is 11.9 Å². The molecule has 0 bridgehead atoms. The van der Waals surface area contributed by atoms with E-state index in [0.29, 0.717) is 12.5 Å². The van der Waals surface area contributed by atoms with Gasteiger partial charge in [0, 0.05) is 6.54 Å². The minimum Gasteiger partial charge on any atom is -0.386 e. The number of nitrogens with one attached hydrogen (secondary N) is 3. The van der Waals surface area contributed by atoms with Crippen molar-refractivity contribution >= 4 is 67.8 Å².